The summed E-state index contributed by atoms with van der Waals surface area (Å²) >= 11 is -1.68. The zero-order valence-electron chi connectivity index (χ0n) is 53.0. The fourth-order valence-electron chi connectivity index (χ4n) is 9.77. The summed E-state index contributed by atoms with van der Waals surface area (Å²) < 4.78 is 121. The van der Waals surface area contributed by atoms with E-state index in [-0.39, 0.29) is 86.8 Å². The largest absolute Gasteiger partial charge is 0.497 e. The number of ether oxygens (including phenoxy) is 5. The van der Waals surface area contributed by atoms with Crippen molar-refractivity contribution in [3.63, 3.8) is 0 Å². The predicted octanol–water partition coefficient (Wildman–Crippen LogP) is 8.11. The van der Waals surface area contributed by atoms with E-state index in [0.717, 1.165) is 14.3 Å². The van der Waals surface area contributed by atoms with Crippen LogP contribution in [0.1, 0.15) is 65.2 Å². The number of hydrogen-bond donors (Lipinski definition) is 0. The van der Waals surface area contributed by atoms with Crippen LogP contribution in [0.5, 0.6) is 23.0 Å². The molecule has 0 bridgehead atoms. The summed E-state index contributed by atoms with van der Waals surface area (Å²) in [6, 6.07) is 16.6. The van der Waals surface area contributed by atoms with E-state index in [0.29, 0.717) is 54.1 Å². The van der Waals surface area contributed by atoms with E-state index in [4.69, 9.17) is 23.7 Å². The number of anilines is 4. The Morgan fingerprint density at radius 2 is 1.22 bits per heavy atom. The number of imidazole rings is 2. The number of aromatic nitrogens is 9. The van der Waals surface area contributed by atoms with E-state index in [9.17, 15) is 27.0 Å². The minimum absolute atomic E-state index is 0. The Balaban J connectivity index is 0.000000254. The molecule has 492 valence electrons. The number of pyridine rings is 1. The summed E-state index contributed by atoms with van der Waals surface area (Å²) in [5.74, 6) is -2.74. The fraction of sp³-hybridized carbons (Fsp3) is 0.344. The first-order chi connectivity index (χ1) is 43.4. The molecule has 0 aliphatic carbocycles. The molecule has 6 heterocycles. The topological polar surface area (TPSA) is 280 Å². The number of rotatable bonds is 18. The molecule has 1 aliphatic heterocycles. The number of hydrogen-bond acceptors (Lipinski definition) is 18. The zero-order chi connectivity index (χ0) is 66.2. The Bertz CT molecular complexity index is 4320. The van der Waals surface area contributed by atoms with Crippen molar-refractivity contribution >= 4 is 72.0 Å². The molecule has 0 spiro atoms. The standard InChI is InChI=1S/C32H39F2N7O6S.C27H26FN7O5S.C2H6.H2O/c1-32(2,3)47-31(43)38-13-10-20(11-14-38)40-19-36-23-9-8-21(16-22(23)30(40)42)39(18-26-35-12-15-41(26)48(44)37(4)5)29-27(33)24(45-6)17-25(46-7)28(29)34;1-32(2)41(37,38)35-12-11-30-25(35)16-33(23-14-20(39-3)15-24(40-4)26(23)28)19-5-6-22-21(13-19)27(36)34(17-31-22)18-7-9-29-10-8-18;1-2;/h8-9,12,15-17,19-20H,10-11,13-14,18H2,1-7H3;5-15,17H,16H2,1-4H3;1-2H3;1H2. The van der Waals surface area contributed by atoms with Gasteiger partial charge in [-0.25, -0.2) is 54.4 Å². The number of likely N-dealkylation sites (tertiary alicyclic amines) is 1. The maximum atomic E-state index is 16.0. The molecule has 31 heteroatoms. The van der Waals surface area contributed by atoms with Crippen LogP contribution >= 0.6 is 0 Å². The molecule has 1 fully saturated rings. The Morgan fingerprint density at radius 3 is 1.78 bits per heavy atom. The highest BCUT2D eigenvalue weighted by atomic mass is 32.2. The molecule has 26 nitrogen and oxygen atoms in total. The molecule has 0 radical (unpaired) electrons. The number of benzene rings is 4. The number of methoxy groups -OCH3 is 4. The van der Waals surface area contributed by atoms with Gasteiger partial charge in [-0.05, 0) is 82.1 Å². The van der Waals surface area contributed by atoms with E-state index in [1.165, 1.54) is 125 Å². The molecular weight excluding hydrogens is 1240 g/mol. The Morgan fingerprint density at radius 1 is 0.674 bits per heavy atom. The maximum absolute atomic E-state index is 16.0. The van der Waals surface area contributed by atoms with Crippen LogP contribution in [0.4, 0.5) is 40.7 Å². The minimum Gasteiger partial charge on any atom is -0.497 e. The highest BCUT2D eigenvalue weighted by Gasteiger charge is 2.32. The van der Waals surface area contributed by atoms with E-state index in [1.807, 2.05) is 13.8 Å². The first kappa shape index (κ1) is 70.0. The van der Waals surface area contributed by atoms with Gasteiger partial charge < -0.3 is 43.9 Å². The molecule has 10 rings (SSSR count). The molecule has 1 unspecified atom stereocenters. The van der Waals surface area contributed by atoms with Gasteiger partial charge >= 0.3 is 16.3 Å². The van der Waals surface area contributed by atoms with Crippen LogP contribution in [0, 0.1) is 17.5 Å². The normalized spacial score (nSPS) is 13.0. The van der Waals surface area contributed by atoms with Gasteiger partial charge in [-0.15, -0.1) is 0 Å². The smallest absolute Gasteiger partial charge is 0.410 e. The maximum Gasteiger partial charge on any atom is 0.410 e. The molecule has 4 aromatic carbocycles. The number of nitrogens with zero attached hydrogens (tertiary/aromatic N) is 14. The van der Waals surface area contributed by atoms with E-state index < -0.39 is 56.2 Å². The van der Waals surface area contributed by atoms with Crippen molar-refractivity contribution in [2.75, 3.05) is 79.5 Å². The Hall–Kier alpha value is -9.43. The second-order valence-electron chi connectivity index (χ2n) is 21.4. The van der Waals surface area contributed by atoms with Crippen molar-refractivity contribution in [1.82, 2.24) is 55.5 Å². The van der Waals surface area contributed by atoms with Crippen molar-refractivity contribution < 1.29 is 59.8 Å². The third-order valence-corrected chi connectivity index (χ3v) is 17.3. The van der Waals surface area contributed by atoms with Crippen molar-refractivity contribution in [3.05, 3.63) is 166 Å². The highest BCUT2D eigenvalue weighted by molar-refractivity contribution is 7.87. The molecule has 9 aromatic rings. The van der Waals surface area contributed by atoms with E-state index >= 15 is 13.2 Å². The van der Waals surface area contributed by atoms with Crippen LogP contribution in [-0.2, 0) is 39.2 Å². The third-order valence-electron chi connectivity index (χ3n) is 14.3. The quantitative estimate of drug-likeness (QED) is 0.0784. The number of carbonyl (C=O) groups is 1. The van der Waals surface area contributed by atoms with Crippen molar-refractivity contribution in [2.45, 2.75) is 72.2 Å². The van der Waals surface area contributed by atoms with Crippen LogP contribution in [0.15, 0.2) is 126 Å². The van der Waals surface area contributed by atoms with E-state index in [1.54, 1.807) is 94.6 Å². The SMILES string of the molecule is CC.COc1cc(OC)c(F)c(N(Cc2nccn2S(=O)(=O)N(C)C)c2ccc3ncn(-c4ccncc4)c(=O)c3c2)c1.COc1cc(OC)c(F)c(N(Cc2nccn2S(=O)N(C)C)c2ccc3ncn(C4CCN(C(=O)OC(C)(C)C)CC4)c(=O)c3c2)c1F.O. The predicted molar refractivity (Wildman–Crippen MR) is 343 cm³/mol. The number of amides is 1. The molecule has 0 saturated carbocycles. The van der Waals surface area contributed by atoms with Gasteiger partial charge in [-0.3, -0.25) is 23.7 Å². The lowest BCUT2D eigenvalue weighted by Crippen LogP contribution is -2.43. The van der Waals surface area contributed by atoms with E-state index in [2.05, 4.69) is 24.9 Å². The zero-order valence-corrected chi connectivity index (χ0v) is 54.6. The fourth-order valence-corrected chi connectivity index (χ4v) is 11.5. The monoisotopic (exact) mass is 1310 g/mol. The van der Waals surface area contributed by atoms with Gasteiger partial charge in [0.2, 0.25) is 11.2 Å². The molecule has 2 N–H and O–H groups in total. The second kappa shape index (κ2) is 29.7. The molecule has 1 saturated heterocycles. The Labute approximate surface area is 531 Å². The third kappa shape index (κ3) is 14.8. The lowest BCUT2D eigenvalue weighted by atomic mass is 10.0. The van der Waals surface area contributed by atoms with Crippen LogP contribution in [0.3, 0.4) is 0 Å². The van der Waals surface area contributed by atoms with Crippen molar-refractivity contribution in [3.8, 4) is 28.7 Å². The van der Waals surface area contributed by atoms with Gasteiger partial charge in [0.25, 0.3) is 11.1 Å². The van der Waals surface area contributed by atoms with Crippen LogP contribution < -0.4 is 39.9 Å². The molecule has 5 aromatic heterocycles. The van der Waals surface area contributed by atoms with Gasteiger partial charge in [0.05, 0.1) is 81.0 Å². The number of fused-ring (bicyclic) bond motifs is 2. The van der Waals surface area contributed by atoms with Gasteiger partial charge in [0.1, 0.15) is 35.0 Å². The molecule has 1 aliphatic rings. The molecule has 92 heavy (non-hydrogen) atoms. The highest BCUT2D eigenvalue weighted by Crippen LogP contribution is 2.42. The van der Waals surface area contributed by atoms with Gasteiger partial charge in [0, 0.05) is 114 Å². The van der Waals surface area contributed by atoms with Gasteiger partial charge in [-0.1, -0.05) is 13.8 Å². The van der Waals surface area contributed by atoms with Crippen LogP contribution in [0.25, 0.3) is 27.5 Å². The number of carbonyl (C=O) groups excluding carboxylic acids is 1. The lowest BCUT2D eigenvalue weighted by molar-refractivity contribution is 0.0187. The van der Waals surface area contributed by atoms with Crippen LogP contribution in [-0.4, -0.2) is 155 Å². The Kier molecular flexibility index (Phi) is 22.6. The summed E-state index contributed by atoms with van der Waals surface area (Å²) in [7, 11) is 7.34. The lowest BCUT2D eigenvalue weighted by Gasteiger charge is -2.34. The summed E-state index contributed by atoms with van der Waals surface area (Å²) in [5, 5.41) is 0.469. The summed E-state index contributed by atoms with van der Waals surface area (Å²) in [4.78, 5) is 66.0. The number of halogens is 3. The molecule has 1 amide bonds. The van der Waals surface area contributed by atoms with Crippen molar-refractivity contribution in [2.24, 2.45) is 0 Å². The second-order valence-corrected chi connectivity index (χ2v) is 25.0. The first-order valence-corrected chi connectivity index (χ1v) is 30.9. The van der Waals surface area contributed by atoms with Gasteiger partial charge in [0.15, 0.2) is 34.7 Å². The minimum atomic E-state index is -3.94. The first-order valence-electron chi connectivity index (χ1n) is 28.4. The van der Waals surface area contributed by atoms with Crippen molar-refractivity contribution in [1.29, 1.82) is 0 Å². The molecular formula is C61H73F3N14O12S2. The average molecular weight is 1320 g/mol. The average Bonchev–Trinajstić information content (AvgIpc) is 0.889. The number of piperidine rings is 1. The summed E-state index contributed by atoms with van der Waals surface area (Å²) in [6.45, 7) is 9.76. The summed E-state index contributed by atoms with van der Waals surface area (Å²) in [6.07, 6.45) is 12.2. The van der Waals surface area contributed by atoms with Crippen LogP contribution in [0.2, 0.25) is 0 Å². The van der Waals surface area contributed by atoms with Gasteiger partial charge in [-0.2, -0.15) is 12.7 Å². The molecule has 1 atom stereocenters. The summed E-state index contributed by atoms with van der Waals surface area (Å²) in [5.41, 5.74) is 0.136.